The average Bonchev–Trinajstić information content (AvgIpc) is 2.64. The zero-order valence-corrected chi connectivity index (χ0v) is 16.0. The summed E-state index contributed by atoms with van der Waals surface area (Å²) in [5.74, 6) is -0.426. The Labute approximate surface area is 159 Å². The van der Waals surface area contributed by atoms with Crippen LogP contribution in [0.3, 0.4) is 0 Å². The Kier molecular flexibility index (Phi) is 6.69. The Balaban J connectivity index is 1.94. The molecule has 140 valence electrons. The Bertz CT molecular complexity index is 886. The van der Waals surface area contributed by atoms with Crippen molar-refractivity contribution in [3.63, 3.8) is 0 Å². The Morgan fingerprint density at radius 2 is 1.85 bits per heavy atom. The van der Waals surface area contributed by atoms with Crippen molar-refractivity contribution in [1.29, 1.82) is 5.26 Å². The fraction of sp³-hybridized carbons (Fsp3) is 0.286. The first-order chi connectivity index (χ1) is 12.8. The number of anilines is 2. The van der Waals surface area contributed by atoms with Gasteiger partial charge in [0.15, 0.2) is 0 Å². The topological polar surface area (TPSA) is 85.2 Å². The molecule has 0 radical (unpaired) electrons. The van der Waals surface area contributed by atoms with Gasteiger partial charge in [0.1, 0.15) is 0 Å². The second-order valence-electron chi connectivity index (χ2n) is 6.57. The smallest absolute Gasteiger partial charge is 0.241 e. The highest BCUT2D eigenvalue weighted by Crippen LogP contribution is 2.18. The van der Waals surface area contributed by atoms with Crippen LogP contribution in [0.5, 0.6) is 0 Å². The van der Waals surface area contributed by atoms with Crippen molar-refractivity contribution >= 4 is 23.2 Å². The van der Waals surface area contributed by atoms with Gasteiger partial charge in [0.25, 0.3) is 0 Å². The van der Waals surface area contributed by atoms with Gasteiger partial charge in [0, 0.05) is 11.4 Å². The van der Waals surface area contributed by atoms with Crippen molar-refractivity contribution in [3.05, 3.63) is 59.2 Å². The van der Waals surface area contributed by atoms with Crippen molar-refractivity contribution in [3.8, 4) is 6.07 Å². The van der Waals surface area contributed by atoms with Crippen LogP contribution in [0.15, 0.2) is 42.5 Å². The van der Waals surface area contributed by atoms with Gasteiger partial charge in [-0.25, -0.2) is 0 Å². The Morgan fingerprint density at radius 1 is 1.15 bits per heavy atom. The van der Waals surface area contributed by atoms with E-state index in [2.05, 4.69) is 10.6 Å². The fourth-order valence-electron chi connectivity index (χ4n) is 2.55. The van der Waals surface area contributed by atoms with Gasteiger partial charge in [-0.3, -0.25) is 14.5 Å². The highest BCUT2D eigenvalue weighted by molar-refractivity contribution is 5.96. The number of likely N-dealkylation sites (N-methyl/N-ethyl adjacent to an activating group) is 1. The van der Waals surface area contributed by atoms with Crippen LogP contribution in [0.4, 0.5) is 11.4 Å². The van der Waals surface area contributed by atoms with E-state index in [1.165, 1.54) is 0 Å². The Morgan fingerprint density at radius 3 is 2.56 bits per heavy atom. The van der Waals surface area contributed by atoms with Crippen LogP contribution in [-0.2, 0) is 9.59 Å². The quantitative estimate of drug-likeness (QED) is 0.825. The molecule has 6 nitrogen and oxygen atoms in total. The molecular formula is C21H24N4O2. The Hall–Kier alpha value is -3.17. The number of nitriles is 1. The third kappa shape index (κ3) is 5.40. The summed E-state index contributed by atoms with van der Waals surface area (Å²) in [6, 6.07) is 14.0. The molecule has 2 aromatic rings. The van der Waals surface area contributed by atoms with E-state index in [0.717, 1.165) is 16.8 Å². The minimum Gasteiger partial charge on any atom is -0.325 e. The SMILES string of the molecule is Cc1cccc(NC(=O)CN(C)[C@H](C)C(=O)Nc2cccc(C#N)c2)c1C. The summed E-state index contributed by atoms with van der Waals surface area (Å²) < 4.78 is 0. The molecular weight excluding hydrogens is 340 g/mol. The highest BCUT2D eigenvalue weighted by atomic mass is 16.2. The van der Waals surface area contributed by atoms with Crippen LogP contribution in [0, 0.1) is 25.2 Å². The molecule has 0 spiro atoms. The standard InChI is InChI=1S/C21H24N4O2/c1-14-7-5-10-19(15(14)2)24-20(26)13-25(4)16(3)21(27)23-18-9-6-8-17(11-18)12-22/h5-11,16H,13H2,1-4H3,(H,23,27)(H,24,26)/t16-/m1/s1. The van der Waals surface area contributed by atoms with Crippen molar-refractivity contribution in [2.24, 2.45) is 0 Å². The first kappa shape index (κ1) is 20.1. The van der Waals surface area contributed by atoms with E-state index in [0.29, 0.717) is 11.3 Å². The number of carbonyl (C=O) groups excluding carboxylic acids is 2. The van der Waals surface area contributed by atoms with Crippen LogP contribution in [0.25, 0.3) is 0 Å². The molecule has 2 rings (SSSR count). The molecule has 0 aliphatic heterocycles. The van der Waals surface area contributed by atoms with Gasteiger partial charge in [-0.2, -0.15) is 5.26 Å². The van der Waals surface area contributed by atoms with Gasteiger partial charge < -0.3 is 10.6 Å². The van der Waals surface area contributed by atoms with Crippen molar-refractivity contribution in [2.75, 3.05) is 24.2 Å². The lowest BCUT2D eigenvalue weighted by molar-refractivity contribution is -0.122. The summed E-state index contributed by atoms with van der Waals surface area (Å²) in [5, 5.41) is 14.6. The molecule has 6 heteroatoms. The minimum absolute atomic E-state index is 0.0835. The summed E-state index contributed by atoms with van der Waals surface area (Å²) in [5.41, 5.74) is 3.94. The van der Waals surface area contributed by atoms with Gasteiger partial charge in [-0.05, 0) is 63.2 Å². The molecule has 0 aliphatic carbocycles. The van der Waals surface area contributed by atoms with E-state index in [4.69, 9.17) is 5.26 Å². The molecule has 2 amide bonds. The van der Waals surface area contributed by atoms with E-state index >= 15 is 0 Å². The number of nitrogens with one attached hydrogen (secondary N) is 2. The molecule has 1 atom stereocenters. The summed E-state index contributed by atoms with van der Waals surface area (Å²) in [4.78, 5) is 26.4. The maximum Gasteiger partial charge on any atom is 0.241 e. The third-order valence-electron chi connectivity index (χ3n) is 4.57. The van der Waals surface area contributed by atoms with Crippen LogP contribution in [0.2, 0.25) is 0 Å². The number of benzene rings is 2. The molecule has 0 bridgehead atoms. The summed E-state index contributed by atoms with van der Waals surface area (Å²) in [6.45, 7) is 5.76. The maximum absolute atomic E-state index is 12.4. The lowest BCUT2D eigenvalue weighted by atomic mass is 10.1. The largest absolute Gasteiger partial charge is 0.325 e. The van der Waals surface area contributed by atoms with Crippen molar-refractivity contribution in [1.82, 2.24) is 4.90 Å². The number of aryl methyl sites for hydroxylation is 1. The highest BCUT2D eigenvalue weighted by Gasteiger charge is 2.20. The van der Waals surface area contributed by atoms with E-state index in [1.54, 1.807) is 43.1 Å². The maximum atomic E-state index is 12.4. The van der Waals surface area contributed by atoms with Crippen molar-refractivity contribution in [2.45, 2.75) is 26.8 Å². The molecule has 27 heavy (non-hydrogen) atoms. The summed E-state index contributed by atoms with van der Waals surface area (Å²) >= 11 is 0. The van der Waals surface area contributed by atoms with E-state index in [1.807, 2.05) is 38.1 Å². The second kappa shape index (κ2) is 8.97. The number of amides is 2. The molecule has 0 aliphatic rings. The number of hydrogen-bond acceptors (Lipinski definition) is 4. The normalized spacial score (nSPS) is 11.6. The van der Waals surface area contributed by atoms with Gasteiger partial charge in [0.2, 0.25) is 11.8 Å². The number of carbonyl (C=O) groups is 2. The van der Waals surface area contributed by atoms with E-state index in [-0.39, 0.29) is 18.4 Å². The third-order valence-corrected chi connectivity index (χ3v) is 4.57. The van der Waals surface area contributed by atoms with Gasteiger partial charge in [0.05, 0.1) is 24.2 Å². The van der Waals surface area contributed by atoms with E-state index < -0.39 is 6.04 Å². The van der Waals surface area contributed by atoms with Crippen LogP contribution in [0.1, 0.15) is 23.6 Å². The molecule has 0 saturated carbocycles. The van der Waals surface area contributed by atoms with Crippen LogP contribution in [-0.4, -0.2) is 36.3 Å². The van der Waals surface area contributed by atoms with Crippen LogP contribution < -0.4 is 10.6 Å². The zero-order valence-electron chi connectivity index (χ0n) is 16.0. The predicted octanol–water partition coefficient (Wildman–Crippen LogP) is 3.07. The molecule has 0 aromatic heterocycles. The first-order valence-corrected chi connectivity index (χ1v) is 8.69. The molecule has 0 unspecified atom stereocenters. The van der Waals surface area contributed by atoms with Gasteiger partial charge >= 0.3 is 0 Å². The zero-order chi connectivity index (χ0) is 20.0. The monoisotopic (exact) mass is 364 g/mol. The lowest BCUT2D eigenvalue weighted by Crippen LogP contribution is -2.43. The molecule has 0 saturated heterocycles. The molecule has 0 heterocycles. The first-order valence-electron chi connectivity index (χ1n) is 8.69. The average molecular weight is 364 g/mol. The summed E-state index contributed by atoms with van der Waals surface area (Å²) in [6.07, 6.45) is 0. The van der Waals surface area contributed by atoms with E-state index in [9.17, 15) is 9.59 Å². The molecule has 0 fully saturated rings. The number of rotatable bonds is 6. The van der Waals surface area contributed by atoms with Crippen molar-refractivity contribution < 1.29 is 9.59 Å². The van der Waals surface area contributed by atoms with Crippen LogP contribution >= 0.6 is 0 Å². The molecule has 2 aromatic carbocycles. The number of hydrogen-bond donors (Lipinski definition) is 2. The fourth-order valence-corrected chi connectivity index (χ4v) is 2.55. The second-order valence-corrected chi connectivity index (χ2v) is 6.57. The lowest BCUT2D eigenvalue weighted by Gasteiger charge is -2.23. The molecule has 2 N–H and O–H groups in total. The number of nitrogens with zero attached hydrogens (tertiary/aromatic N) is 2. The van der Waals surface area contributed by atoms with Gasteiger partial charge in [-0.15, -0.1) is 0 Å². The summed E-state index contributed by atoms with van der Waals surface area (Å²) in [7, 11) is 1.72. The predicted molar refractivity (Wildman–Crippen MR) is 106 cm³/mol. The van der Waals surface area contributed by atoms with Gasteiger partial charge in [-0.1, -0.05) is 18.2 Å². The minimum atomic E-state index is -0.514.